The Kier molecular flexibility index (Phi) is 3.75. The lowest BCUT2D eigenvalue weighted by Crippen LogP contribution is -2.39. The zero-order chi connectivity index (χ0) is 14.0. The van der Waals surface area contributed by atoms with Gasteiger partial charge in [-0.15, -0.1) is 0 Å². The molecule has 0 saturated carbocycles. The van der Waals surface area contributed by atoms with Gasteiger partial charge in [0.15, 0.2) is 9.84 Å². The molecule has 0 aliphatic carbocycles. The molecule has 1 aliphatic rings. The van der Waals surface area contributed by atoms with Gasteiger partial charge in [0.2, 0.25) is 5.91 Å². The minimum Gasteiger partial charge on any atom is -0.305 e. The Morgan fingerprint density at radius 1 is 1.32 bits per heavy atom. The van der Waals surface area contributed by atoms with Crippen molar-refractivity contribution in [3.63, 3.8) is 0 Å². The van der Waals surface area contributed by atoms with Crippen LogP contribution in [-0.2, 0) is 21.1 Å². The Bertz CT molecular complexity index is 602. The van der Waals surface area contributed by atoms with Gasteiger partial charge in [-0.25, -0.2) is 8.42 Å². The van der Waals surface area contributed by atoms with Gasteiger partial charge >= 0.3 is 0 Å². The van der Waals surface area contributed by atoms with Crippen LogP contribution < -0.4 is 4.90 Å². The molecular formula is C14H17NO3S. The van der Waals surface area contributed by atoms with Crippen LogP contribution in [-0.4, -0.2) is 26.1 Å². The van der Waals surface area contributed by atoms with Crippen LogP contribution in [0.2, 0.25) is 0 Å². The summed E-state index contributed by atoms with van der Waals surface area (Å²) < 4.78 is 23.0. The fraction of sp³-hybridized carbons (Fsp3) is 0.357. The maximum Gasteiger partial charge on any atom is 0.224 e. The predicted molar refractivity (Wildman–Crippen MR) is 75.7 cm³/mol. The molecule has 4 nitrogen and oxygen atoms in total. The zero-order valence-corrected chi connectivity index (χ0v) is 11.9. The van der Waals surface area contributed by atoms with Crippen LogP contribution in [0.4, 0.5) is 5.69 Å². The van der Waals surface area contributed by atoms with Gasteiger partial charge in [-0.3, -0.25) is 4.79 Å². The quantitative estimate of drug-likeness (QED) is 0.849. The van der Waals surface area contributed by atoms with E-state index in [0.717, 1.165) is 12.1 Å². The summed E-state index contributed by atoms with van der Waals surface area (Å²) in [7, 11) is -3.17. The largest absolute Gasteiger partial charge is 0.305 e. The van der Waals surface area contributed by atoms with Crippen molar-refractivity contribution in [2.24, 2.45) is 0 Å². The molecule has 0 fully saturated rings. The molecule has 0 saturated heterocycles. The van der Waals surface area contributed by atoms with Crippen molar-refractivity contribution in [1.29, 1.82) is 0 Å². The highest BCUT2D eigenvalue weighted by molar-refractivity contribution is 7.94. The molecule has 1 aromatic rings. The molecule has 1 aliphatic heterocycles. The summed E-state index contributed by atoms with van der Waals surface area (Å²) in [6, 6.07) is 7.23. The van der Waals surface area contributed by atoms with E-state index in [9.17, 15) is 13.2 Å². The highest BCUT2D eigenvalue weighted by Crippen LogP contribution is 2.23. The Morgan fingerprint density at radius 2 is 1.95 bits per heavy atom. The molecule has 0 radical (unpaired) electrons. The molecule has 0 aromatic heterocycles. The second-order valence-electron chi connectivity index (χ2n) is 4.63. The van der Waals surface area contributed by atoms with E-state index >= 15 is 0 Å². The third-order valence-corrected chi connectivity index (χ3v) is 4.58. The average molecular weight is 279 g/mol. The average Bonchev–Trinajstić information content (AvgIpc) is 2.70. The number of hydrogen-bond acceptors (Lipinski definition) is 3. The van der Waals surface area contributed by atoms with Crippen LogP contribution in [0.5, 0.6) is 0 Å². The van der Waals surface area contributed by atoms with Gasteiger partial charge in [0.25, 0.3) is 0 Å². The molecule has 5 heteroatoms. The monoisotopic (exact) mass is 279 g/mol. The highest BCUT2D eigenvalue weighted by atomic mass is 32.2. The van der Waals surface area contributed by atoms with E-state index in [1.165, 1.54) is 22.8 Å². The minimum atomic E-state index is -3.17. The normalized spacial score (nSPS) is 20.4. The van der Waals surface area contributed by atoms with Crippen molar-refractivity contribution in [2.45, 2.75) is 26.3 Å². The number of amides is 1. The summed E-state index contributed by atoms with van der Waals surface area (Å²) in [6.07, 6.45) is 2.50. The summed E-state index contributed by atoms with van der Waals surface area (Å²) in [5.41, 5.74) is 1.92. The molecule has 0 spiro atoms. The predicted octanol–water partition coefficient (Wildman–Crippen LogP) is 1.91. The van der Waals surface area contributed by atoms with E-state index in [4.69, 9.17) is 0 Å². The van der Waals surface area contributed by atoms with Crippen LogP contribution in [0, 0.1) is 0 Å². The summed E-state index contributed by atoms with van der Waals surface area (Å²) in [6.45, 7) is 3.51. The molecule has 1 amide bonds. The third-order valence-electron chi connectivity index (χ3n) is 3.20. The Morgan fingerprint density at radius 3 is 2.37 bits per heavy atom. The van der Waals surface area contributed by atoms with E-state index in [0.29, 0.717) is 0 Å². The lowest BCUT2D eigenvalue weighted by Gasteiger charge is -2.26. The summed E-state index contributed by atoms with van der Waals surface area (Å²) >= 11 is 0. The summed E-state index contributed by atoms with van der Waals surface area (Å²) in [5, 5.41) is 1.19. The van der Waals surface area contributed by atoms with Crippen molar-refractivity contribution >= 4 is 21.4 Å². The van der Waals surface area contributed by atoms with Gasteiger partial charge < -0.3 is 4.90 Å². The molecule has 1 atom stereocenters. The third kappa shape index (κ3) is 3.04. The van der Waals surface area contributed by atoms with E-state index in [1.54, 1.807) is 6.08 Å². The Labute approximate surface area is 113 Å². The molecule has 0 unspecified atom stereocenters. The molecule has 2 rings (SSSR count). The molecule has 1 heterocycles. The zero-order valence-electron chi connectivity index (χ0n) is 11.0. The first kappa shape index (κ1) is 13.8. The summed E-state index contributed by atoms with van der Waals surface area (Å²) in [5.74, 6) is -0.196. The van der Waals surface area contributed by atoms with Gasteiger partial charge in [-0.2, -0.15) is 0 Å². The van der Waals surface area contributed by atoms with Gasteiger partial charge in [-0.05, 0) is 30.2 Å². The van der Waals surface area contributed by atoms with Crippen LogP contribution >= 0.6 is 0 Å². The van der Waals surface area contributed by atoms with E-state index in [1.807, 2.05) is 24.3 Å². The number of carbonyl (C=O) groups is 1. The van der Waals surface area contributed by atoms with Gasteiger partial charge in [0, 0.05) is 18.0 Å². The Balaban J connectivity index is 2.31. The first-order chi connectivity index (χ1) is 8.93. The SMILES string of the molecule is CCc1ccc(N(C(C)=O)[C@@H]2C=CS(=O)(=O)C2)cc1. The summed E-state index contributed by atoms with van der Waals surface area (Å²) in [4.78, 5) is 13.3. The second-order valence-corrected chi connectivity index (χ2v) is 6.57. The van der Waals surface area contributed by atoms with E-state index in [-0.39, 0.29) is 11.7 Å². The number of carbonyl (C=O) groups excluding carboxylic acids is 1. The van der Waals surface area contributed by atoms with Crippen molar-refractivity contribution in [1.82, 2.24) is 0 Å². The molecule has 19 heavy (non-hydrogen) atoms. The van der Waals surface area contributed by atoms with Gasteiger partial charge in [-0.1, -0.05) is 19.1 Å². The lowest BCUT2D eigenvalue weighted by atomic mass is 10.1. The minimum absolute atomic E-state index is 0.0396. The fourth-order valence-corrected chi connectivity index (χ4v) is 3.49. The number of benzene rings is 1. The first-order valence-corrected chi connectivity index (χ1v) is 7.94. The van der Waals surface area contributed by atoms with Gasteiger partial charge in [0.05, 0.1) is 11.8 Å². The molecule has 0 N–H and O–H groups in total. The standard InChI is InChI=1S/C14H17NO3S/c1-3-12-4-6-13(7-5-12)15(11(2)16)14-8-9-19(17,18)10-14/h4-9,14H,3,10H2,1-2H3/t14-/m1/s1. The highest BCUT2D eigenvalue weighted by Gasteiger charge is 2.29. The number of aryl methyl sites for hydroxylation is 1. The van der Waals surface area contributed by atoms with Crippen molar-refractivity contribution in [2.75, 3.05) is 10.7 Å². The molecule has 1 aromatic carbocycles. The molecule has 102 valence electrons. The smallest absolute Gasteiger partial charge is 0.224 e. The number of nitrogens with zero attached hydrogens (tertiary/aromatic N) is 1. The topological polar surface area (TPSA) is 54.5 Å². The number of hydrogen-bond donors (Lipinski definition) is 0. The van der Waals surface area contributed by atoms with Crippen molar-refractivity contribution < 1.29 is 13.2 Å². The van der Waals surface area contributed by atoms with Gasteiger partial charge in [0.1, 0.15) is 0 Å². The Hall–Kier alpha value is -1.62. The first-order valence-electron chi connectivity index (χ1n) is 6.22. The van der Waals surface area contributed by atoms with Crippen molar-refractivity contribution in [3.8, 4) is 0 Å². The van der Waals surface area contributed by atoms with E-state index in [2.05, 4.69) is 6.92 Å². The number of anilines is 1. The van der Waals surface area contributed by atoms with Crippen LogP contribution in [0.25, 0.3) is 0 Å². The van der Waals surface area contributed by atoms with Crippen molar-refractivity contribution in [3.05, 3.63) is 41.3 Å². The lowest BCUT2D eigenvalue weighted by molar-refractivity contribution is -0.116. The number of rotatable bonds is 3. The van der Waals surface area contributed by atoms with Crippen LogP contribution in [0.15, 0.2) is 35.7 Å². The van der Waals surface area contributed by atoms with E-state index < -0.39 is 15.9 Å². The molecular weight excluding hydrogens is 262 g/mol. The molecule has 0 bridgehead atoms. The van der Waals surface area contributed by atoms with Crippen LogP contribution in [0.3, 0.4) is 0 Å². The maximum atomic E-state index is 11.8. The van der Waals surface area contributed by atoms with Crippen LogP contribution in [0.1, 0.15) is 19.4 Å². The second kappa shape index (κ2) is 5.17. The fourth-order valence-electron chi connectivity index (χ4n) is 2.22. The maximum absolute atomic E-state index is 11.8. The number of sulfone groups is 1.